The van der Waals surface area contributed by atoms with Crippen LogP contribution in [0.3, 0.4) is 0 Å². The van der Waals surface area contributed by atoms with Crippen LogP contribution in [0.15, 0.2) is 22.7 Å². The summed E-state index contributed by atoms with van der Waals surface area (Å²) in [7, 11) is 0. The molecule has 1 unspecified atom stereocenters. The summed E-state index contributed by atoms with van der Waals surface area (Å²) in [5, 5.41) is 2.79. The molecule has 0 radical (unpaired) electrons. The van der Waals surface area contributed by atoms with E-state index < -0.39 is 5.82 Å². The van der Waals surface area contributed by atoms with Gasteiger partial charge in [-0.2, -0.15) is 0 Å². The minimum atomic E-state index is -0.416. The Morgan fingerprint density at radius 2 is 2.11 bits per heavy atom. The lowest BCUT2D eigenvalue weighted by Gasteiger charge is -2.13. The largest absolute Gasteiger partial charge is 0.351 e. The van der Waals surface area contributed by atoms with Crippen LogP contribution >= 0.6 is 31.9 Å². The average molecular weight is 381 g/mol. The molecule has 1 rings (SSSR count). The molecule has 1 aromatic rings. The minimum Gasteiger partial charge on any atom is -0.351 e. The Morgan fingerprint density at radius 3 is 2.72 bits per heavy atom. The first-order valence-electron chi connectivity index (χ1n) is 5.77. The first kappa shape index (κ1) is 15.6. The summed E-state index contributed by atoms with van der Waals surface area (Å²) in [6.07, 6.45) is 0.977. The fraction of sp³-hybridized carbons (Fsp3) is 0.462. The van der Waals surface area contributed by atoms with Gasteiger partial charge in [-0.15, -0.1) is 0 Å². The number of carbonyl (C=O) groups is 1. The summed E-state index contributed by atoms with van der Waals surface area (Å²) in [6.45, 7) is 4.78. The summed E-state index contributed by atoms with van der Waals surface area (Å²) >= 11 is 6.75. The van der Waals surface area contributed by atoms with Crippen molar-refractivity contribution in [3.05, 3.63) is 34.1 Å². The van der Waals surface area contributed by atoms with E-state index >= 15 is 0 Å². The van der Waals surface area contributed by atoms with Gasteiger partial charge < -0.3 is 5.32 Å². The maximum Gasteiger partial charge on any atom is 0.252 e. The molecule has 5 heteroatoms. The van der Waals surface area contributed by atoms with E-state index in [2.05, 4.69) is 51.0 Å². The molecule has 1 aromatic carbocycles. The Morgan fingerprint density at radius 1 is 1.44 bits per heavy atom. The van der Waals surface area contributed by atoms with Gasteiger partial charge >= 0.3 is 0 Å². The third-order valence-electron chi connectivity index (χ3n) is 2.38. The zero-order valence-electron chi connectivity index (χ0n) is 10.3. The van der Waals surface area contributed by atoms with Gasteiger partial charge in [0, 0.05) is 15.8 Å². The number of nitrogens with one attached hydrogen (secondary N) is 1. The van der Waals surface area contributed by atoms with Crippen LogP contribution < -0.4 is 5.32 Å². The van der Waals surface area contributed by atoms with E-state index in [-0.39, 0.29) is 10.7 Å². The van der Waals surface area contributed by atoms with Gasteiger partial charge in [0.25, 0.3) is 5.91 Å². The van der Waals surface area contributed by atoms with E-state index in [1.165, 1.54) is 18.2 Å². The second kappa shape index (κ2) is 7.24. The topological polar surface area (TPSA) is 29.1 Å². The number of hydrogen-bond acceptors (Lipinski definition) is 1. The molecule has 0 aliphatic rings. The maximum absolute atomic E-state index is 13.1. The van der Waals surface area contributed by atoms with Gasteiger partial charge in [0.1, 0.15) is 5.82 Å². The fourth-order valence-corrected chi connectivity index (χ4v) is 2.90. The molecule has 1 amide bonds. The number of hydrogen-bond donors (Lipinski definition) is 1. The lowest BCUT2D eigenvalue weighted by Crippen LogP contribution is -2.30. The summed E-state index contributed by atoms with van der Waals surface area (Å²) in [4.78, 5) is 12.1. The SMILES string of the molecule is CC(C)CC(Br)CNC(=O)c1cc(F)ccc1Br. The van der Waals surface area contributed by atoms with Crippen LogP contribution in [0.5, 0.6) is 0 Å². The predicted octanol–water partition coefficient (Wildman–Crippen LogP) is 4.13. The maximum atomic E-state index is 13.1. The monoisotopic (exact) mass is 379 g/mol. The smallest absolute Gasteiger partial charge is 0.252 e. The molecule has 0 fully saturated rings. The quantitative estimate of drug-likeness (QED) is 0.764. The highest BCUT2D eigenvalue weighted by Crippen LogP contribution is 2.18. The van der Waals surface area contributed by atoms with Crippen molar-refractivity contribution in [3.8, 4) is 0 Å². The Labute approximate surface area is 124 Å². The first-order valence-corrected chi connectivity index (χ1v) is 7.48. The Balaban J connectivity index is 2.58. The van der Waals surface area contributed by atoms with E-state index in [1.54, 1.807) is 0 Å². The van der Waals surface area contributed by atoms with Crippen molar-refractivity contribution in [3.63, 3.8) is 0 Å². The van der Waals surface area contributed by atoms with E-state index in [1.807, 2.05) is 0 Å². The van der Waals surface area contributed by atoms with E-state index in [4.69, 9.17) is 0 Å². The van der Waals surface area contributed by atoms with Crippen molar-refractivity contribution < 1.29 is 9.18 Å². The molecule has 2 nitrogen and oxygen atoms in total. The fourth-order valence-electron chi connectivity index (χ4n) is 1.57. The van der Waals surface area contributed by atoms with Gasteiger partial charge in [0.05, 0.1) is 5.56 Å². The molecular formula is C13H16Br2FNO. The summed E-state index contributed by atoms with van der Waals surface area (Å²) in [5.41, 5.74) is 0.319. The normalized spacial score (nSPS) is 12.6. The second-order valence-electron chi connectivity index (χ2n) is 4.56. The molecule has 0 bridgehead atoms. The highest BCUT2D eigenvalue weighted by atomic mass is 79.9. The lowest BCUT2D eigenvalue weighted by atomic mass is 10.1. The van der Waals surface area contributed by atoms with Gasteiger partial charge in [-0.1, -0.05) is 29.8 Å². The second-order valence-corrected chi connectivity index (χ2v) is 6.71. The molecule has 100 valence electrons. The zero-order chi connectivity index (χ0) is 13.7. The molecule has 0 spiro atoms. The molecule has 18 heavy (non-hydrogen) atoms. The molecule has 1 atom stereocenters. The van der Waals surface area contributed by atoms with Crippen molar-refractivity contribution in [2.45, 2.75) is 25.1 Å². The molecule has 0 heterocycles. The van der Waals surface area contributed by atoms with Gasteiger partial charge in [0.15, 0.2) is 0 Å². The third kappa shape index (κ3) is 5.06. The summed E-state index contributed by atoms with van der Waals surface area (Å²) < 4.78 is 13.7. The van der Waals surface area contributed by atoms with Crippen LogP contribution in [0, 0.1) is 11.7 Å². The molecule has 0 aliphatic heterocycles. The number of alkyl halides is 1. The van der Waals surface area contributed by atoms with E-state index in [0.717, 1.165) is 6.42 Å². The summed E-state index contributed by atoms with van der Waals surface area (Å²) in [6, 6.07) is 4.07. The van der Waals surface area contributed by atoms with Crippen LogP contribution in [-0.2, 0) is 0 Å². The molecule has 0 saturated heterocycles. The average Bonchev–Trinajstić information content (AvgIpc) is 2.28. The van der Waals surface area contributed by atoms with Gasteiger partial charge in [-0.3, -0.25) is 4.79 Å². The van der Waals surface area contributed by atoms with Crippen LogP contribution in [0.25, 0.3) is 0 Å². The zero-order valence-corrected chi connectivity index (χ0v) is 13.5. The van der Waals surface area contributed by atoms with Gasteiger partial charge in [-0.25, -0.2) is 4.39 Å². The first-order chi connectivity index (χ1) is 8.40. The standard InChI is InChI=1S/C13H16Br2FNO/c1-8(2)5-9(14)7-17-13(18)11-6-10(16)3-4-12(11)15/h3-4,6,8-9H,5,7H2,1-2H3,(H,17,18). The van der Waals surface area contributed by atoms with E-state index in [0.29, 0.717) is 22.5 Å². The van der Waals surface area contributed by atoms with Crippen molar-refractivity contribution >= 4 is 37.8 Å². The molecular weight excluding hydrogens is 365 g/mol. The Kier molecular flexibility index (Phi) is 6.29. The van der Waals surface area contributed by atoms with Gasteiger partial charge in [0.2, 0.25) is 0 Å². The third-order valence-corrected chi connectivity index (χ3v) is 3.77. The van der Waals surface area contributed by atoms with Crippen molar-refractivity contribution in [1.82, 2.24) is 5.32 Å². The molecule has 0 aromatic heterocycles. The van der Waals surface area contributed by atoms with Crippen LogP contribution in [0.4, 0.5) is 4.39 Å². The number of carbonyl (C=O) groups excluding carboxylic acids is 1. The number of benzene rings is 1. The number of amides is 1. The highest BCUT2D eigenvalue weighted by Gasteiger charge is 2.13. The highest BCUT2D eigenvalue weighted by molar-refractivity contribution is 9.10. The molecule has 0 saturated carbocycles. The molecule has 1 N–H and O–H groups in total. The Hall–Kier alpha value is -0.420. The van der Waals surface area contributed by atoms with Crippen LogP contribution in [0.1, 0.15) is 30.6 Å². The number of rotatable bonds is 5. The summed E-state index contributed by atoms with van der Waals surface area (Å²) in [5.74, 6) is -0.123. The Bertz CT molecular complexity index is 423. The molecule has 0 aliphatic carbocycles. The lowest BCUT2D eigenvalue weighted by molar-refractivity contribution is 0.0952. The van der Waals surface area contributed by atoms with Crippen LogP contribution in [0.2, 0.25) is 0 Å². The number of halogens is 3. The van der Waals surface area contributed by atoms with Crippen molar-refractivity contribution in [2.75, 3.05) is 6.54 Å². The van der Waals surface area contributed by atoms with Gasteiger partial charge in [-0.05, 0) is 46.5 Å². The van der Waals surface area contributed by atoms with Crippen molar-refractivity contribution in [2.24, 2.45) is 5.92 Å². The predicted molar refractivity (Wildman–Crippen MR) is 78.6 cm³/mol. The minimum absolute atomic E-state index is 0.230. The van der Waals surface area contributed by atoms with E-state index in [9.17, 15) is 9.18 Å². The van der Waals surface area contributed by atoms with Crippen LogP contribution in [-0.4, -0.2) is 17.3 Å². The van der Waals surface area contributed by atoms with Crippen molar-refractivity contribution in [1.29, 1.82) is 0 Å².